The van der Waals surface area contributed by atoms with Crippen molar-refractivity contribution in [2.75, 3.05) is 6.54 Å². The van der Waals surface area contributed by atoms with E-state index in [0.29, 0.717) is 0 Å². The van der Waals surface area contributed by atoms with Gasteiger partial charge >= 0.3 is 0 Å². The predicted molar refractivity (Wildman–Crippen MR) is 72.7 cm³/mol. The maximum Gasteiger partial charge on any atom is 0.191 e. The molecule has 5 heteroatoms. The van der Waals surface area contributed by atoms with Crippen molar-refractivity contribution >= 4 is 0 Å². The monoisotopic (exact) mass is 257 g/mol. The Labute approximate surface area is 113 Å². The van der Waals surface area contributed by atoms with Gasteiger partial charge in [-0.15, -0.1) is 10.2 Å². The van der Waals surface area contributed by atoms with Gasteiger partial charge in [0.15, 0.2) is 5.82 Å². The second kappa shape index (κ2) is 4.74. The first-order valence-electron chi connectivity index (χ1n) is 6.77. The van der Waals surface area contributed by atoms with Crippen LogP contribution in [0.25, 0.3) is 0 Å². The molecule has 0 saturated carbocycles. The zero-order valence-electron chi connectivity index (χ0n) is 11.4. The third-order valence-corrected chi connectivity index (χ3v) is 3.78. The third-order valence-electron chi connectivity index (χ3n) is 3.78. The summed E-state index contributed by atoms with van der Waals surface area (Å²) in [5, 5.41) is 16.4. The zero-order chi connectivity index (χ0) is 13.3. The Hall–Kier alpha value is -1.75. The molecule has 0 bridgehead atoms. The van der Waals surface area contributed by atoms with E-state index in [1.54, 1.807) is 4.80 Å². The minimum atomic E-state index is -0.287. The van der Waals surface area contributed by atoms with Gasteiger partial charge in [0.25, 0.3) is 0 Å². The van der Waals surface area contributed by atoms with Crippen LogP contribution in [0.2, 0.25) is 0 Å². The molecule has 1 aliphatic heterocycles. The Bertz CT molecular complexity index is 540. The number of nitrogens with zero attached hydrogens (tertiary/aromatic N) is 4. The quantitative estimate of drug-likeness (QED) is 0.912. The van der Waals surface area contributed by atoms with Gasteiger partial charge in [-0.3, -0.25) is 0 Å². The maximum absolute atomic E-state index is 4.57. The molecule has 1 aromatic heterocycles. The number of aromatic nitrogens is 4. The summed E-state index contributed by atoms with van der Waals surface area (Å²) in [6, 6.07) is 10.5. The van der Waals surface area contributed by atoms with Gasteiger partial charge in [0.2, 0.25) is 0 Å². The Balaban J connectivity index is 1.89. The molecule has 1 N–H and O–H groups in total. The van der Waals surface area contributed by atoms with E-state index in [9.17, 15) is 0 Å². The van der Waals surface area contributed by atoms with E-state index in [0.717, 1.165) is 18.8 Å². The summed E-state index contributed by atoms with van der Waals surface area (Å²) in [5.41, 5.74) is 0.892. The lowest BCUT2D eigenvalue weighted by molar-refractivity contribution is 0.334. The molecule has 3 rings (SSSR count). The molecule has 2 heterocycles. The van der Waals surface area contributed by atoms with Crippen LogP contribution in [0.1, 0.15) is 44.1 Å². The molecule has 1 saturated heterocycles. The van der Waals surface area contributed by atoms with Crippen molar-refractivity contribution in [3.63, 3.8) is 0 Å². The Morgan fingerprint density at radius 2 is 2.05 bits per heavy atom. The van der Waals surface area contributed by atoms with Crippen molar-refractivity contribution in [1.29, 1.82) is 0 Å². The Morgan fingerprint density at radius 3 is 2.74 bits per heavy atom. The average Bonchev–Trinajstić information content (AvgIpc) is 3.10. The first-order chi connectivity index (χ1) is 9.18. The van der Waals surface area contributed by atoms with Crippen LogP contribution in [-0.2, 0) is 5.54 Å². The molecule has 0 unspecified atom stereocenters. The SMILES string of the molecule is CC(C)(c1ccccc1)n1nnc([C@H]2CCCN2)n1. The number of tetrazole rings is 1. The van der Waals surface area contributed by atoms with Crippen LogP contribution in [0, 0.1) is 0 Å². The zero-order valence-corrected chi connectivity index (χ0v) is 11.4. The topological polar surface area (TPSA) is 55.6 Å². The van der Waals surface area contributed by atoms with Gasteiger partial charge in [-0.05, 0) is 44.0 Å². The summed E-state index contributed by atoms with van der Waals surface area (Å²) < 4.78 is 0. The lowest BCUT2D eigenvalue weighted by Gasteiger charge is -2.23. The van der Waals surface area contributed by atoms with Crippen molar-refractivity contribution in [3.8, 4) is 0 Å². The molecular weight excluding hydrogens is 238 g/mol. The van der Waals surface area contributed by atoms with Crippen LogP contribution in [0.15, 0.2) is 30.3 Å². The summed E-state index contributed by atoms with van der Waals surface area (Å²) in [6.07, 6.45) is 2.28. The summed E-state index contributed by atoms with van der Waals surface area (Å²) >= 11 is 0. The summed E-state index contributed by atoms with van der Waals surface area (Å²) in [7, 11) is 0. The lowest BCUT2D eigenvalue weighted by atomic mass is 9.95. The van der Waals surface area contributed by atoms with E-state index in [1.165, 1.54) is 12.0 Å². The van der Waals surface area contributed by atoms with Crippen molar-refractivity contribution in [1.82, 2.24) is 25.5 Å². The van der Waals surface area contributed by atoms with Gasteiger partial charge in [-0.25, -0.2) is 0 Å². The fourth-order valence-electron chi connectivity index (χ4n) is 2.47. The van der Waals surface area contributed by atoms with Crippen LogP contribution in [0.3, 0.4) is 0 Å². The van der Waals surface area contributed by atoms with E-state index in [4.69, 9.17) is 0 Å². The van der Waals surface area contributed by atoms with Crippen LogP contribution in [-0.4, -0.2) is 26.8 Å². The van der Waals surface area contributed by atoms with Crippen LogP contribution >= 0.6 is 0 Å². The van der Waals surface area contributed by atoms with Crippen molar-refractivity contribution in [3.05, 3.63) is 41.7 Å². The first-order valence-corrected chi connectivity index (χ1v) is 6.77. The van der Waals surface area contributed by atoms with E-state index >= 15 is 0 Å². The summed E-state index contributed by atoms with van der Waals surface area (Å²) in [5.74, 6) is 0.807. The molecule has 0 amide bonds. The number of hydrogen-bond donors (Lipinski definition) is 1. The normalized spacial score (nSPS) is 19.8. The summed E-state index contributed by atoms with van der Waals surface area (Å²) in [4.78, 5) is 1.72. The van der Waals surface area contributed by atoms with Gasteiger partial charge in [0, 0.05) is 0 Å². The summed E-state index contributed by atoms with van der Waals surface area (Å²) in [6.45, 7) is 5.26. The minimum absolute atomic E-state index is 0.264. The van der Waals surface area contributed by atoms with Crippen molar-refractivity contribution in [2.45, 2.75) is 38.3 Å². The van der Waals surface area contributed by atoms with Gasteiger partial charge in [-0.2, -0.15) is 4.80 Å². The minimum Gasteiger partial charge on any atom is -0.307 e. The standard InChI is InChI=1S/C14H19N5/c1-14(2,11-7-4-3-5-8-11)19-17-13(16-18-19)12-9-6-10-15-12/h3-5,7-8,12,15H,6,9-10H2,1-2H3/t12-/m1/s1. The van der Waals surface area contributed by atoms with Gasteiger partial charge in [-0.1, -0.05) is 30.3 Å². The van der Waals surface area contributed by atoms with Crippen LogP contribution in [0.5, 0.6) is 0 Å². The van der Waals surface area contributed by atoms with Gasteiger partial charge in [0.05, 0.1) is 6.04 Å². The van der Waals surface area contributed by atoms with Crippen molar-refractivity contribution < 1.29 is 0 Å². The molecule has 1 aromatic carbocycles. The third kappa shape index (κ3) is 2.26. The number of nitrogens with one attached hydrogen (secondary N) is 1. The molecule has 5 nitrogen and oxygen atoms in total. The number of hydrogen-bond acceptors (Lipinski definition) is 4. The highest BCUT2D eigenvalue weighted by Crippen LogP contribution is 2.25. The van der Waals surface area contributed by atoms with Crippen LogP contribution < -0.4 is 5.32 Å². The molecule has 2 aromatic rings. The fourth-order valence-corrected chi connectivity index (χ4v) is 2.47. The molecule has 100 valence electrons. The molecule has 19 heavy (non-hydrogen) atoms. The van der Waals surface area contributed by atoms with Gasteiger partial charge in [0.1, 0.15) is 5.54 Å². The molecular formula is C14H19N5. The predicted octanol–water partition coefficient (Wildman–Crippen LogP) is 1.88. The number of rotatable bonds is 3. The first kappa shape index (κ1) is 12.3. The van der Waals surface area contributed by atoms with E-state index < -0.39 is 0 Å². The lowest BCUT2D eigenvalue weighted by Crippen LogP contribution is -2.30. The second-order valence-electron chi connectivity index (χ2n) is 5.51. The van der Waals surface area contributed by atoms with Crippen molar-refractivity contribution in [2.24, 2.45) is 0 Å². The highest BCUT2D eigenvalue weighted by molar-refractivity contribution is 5.22. The highest BCUT2D eigenvalue weighted by Gasteiger charge is 2.28. The molecule has 1 aliphatic rings. The van der Waals surface area contributed by atoms with E-state index in [-0.39, 0.29) is 11.6 Å². The van der Waals surface area contributed by atoms with E-state index in [1.807, 2.05) is 18.2 Å². The Kier molecular flexibility index (Phi) is 3.06. The second-order valence-corrected chi connectivity index (χ2v) is 5.51. The van der Waals surface area contributed by atoms with E-state index in [2.05, 4.69) is 46.7 Å². The average molecular weight is 257 g/mol. The smallest absolute Gasteiger partial charge is 0.191 e. The molecule has 0 aliphatic carbocycles. The molecule has 0 radical (unpaired) electrons. The fraction of sp³-hybridized carbons (Fsp3) is 0.500. The molecule has 1 fully saturated rings. The largest absolute Gasteiger partial charge is 0.307 e. The number of benzene rings is 1. The Morgan fingerprint density at radius 1 is 1.26 bits per heavy atom. The van der Waals surface area contributed by atoms with Crippen LogP contribution in [0.4, 0.5) is 0 Å². The molecule has 1 atom stereocenters. The maximum atomic E-state index is 4.57. The van der Waals surface area contributed by atoms with Gasteiger partial charge < -0.3 is 5.32 Å². The highest BCUT2D eigenvalue weighted by atomic mass is 15.6. The molecule has 0 spiro atoms.